The number of hydrogen-bond donors (Lipinski definition) is 0. The zero-order chi connectivity index (χ0) is 13.9. The van der Waals surface area contributed by atoms with Crippen LogP contribution in [0.1, 0.15) is 23.2 Å². The molecule has 0 N–H and O–H groups in total. The van der Waals surface area contributed by atoms with Crippen LogP contribution in [0.3, 0.4) is 0 Å². The molecule has 0 saturated carbocycles. The summed E-state index contributed by atoms with van der Waals surface area (Å²) in [7, 11) is 1.65. The van der Waals surface area contributed by atoms with E-state index in [9.17, 15) is 4.79 Å². The van der Waals surface area contributed by atoms with Crippen molar-refractivity contribution < 1.29 is 14.3 Å². The summed E-state index contributed by atoms with van der Waals surface area (Å²) in [4.78, 5) is 12.7. The molecule has 0 bridgehead atoms. The van der Waals surface area contributed by atoms with Crippen molar-refractivity contribution in [2.24, 2.45) is 5.92 Å². The van der Waals surface area contributed by atoms with Gasteiger partial charge < -0.3 is 9.47 Å². The monoisotopic (exact) mass is 270 g/mol. The van der Waals surface area contributed by atoms with Crippen LogP contribution in [0.2, 0.25) is 0 Å². The molecule has 1 heterocycles. The molecule has 1 aliphatic rings. The maximum atomic E-state index is 12.7. The van der Waals surface area contributed by atoms with Gasteiger partial charge in [-0.15, -0.1) is 0 Å². The standard InChI is InChI=1S/C17H18O3/c1-19-16-7-6-15(13-4-2-3-5-14(13)16)17(18)12-8-10-20-11-9-12/h2-7,12H,8-11H2,1H3. The van der Waals surface area contributed by atoms with E-state index in [1.165, 1.54) is 0 Å². The molecule has 104 valence electrons. The van der Waals surface area contributed by atoms with Crippen molar-refractivity contribution in [2.75, 3.05) is 20.3 Å². The van der Waals surface area contributed by atoms with Crippen LogP contribution in [0.15, 0.2) is 36.4 Å². The SMILES string of the molecule is COc1ccc(C(=O)C2CCOCC2)c2ccccc12. The van der Waals surface area contributed by atoms with Crippen molar-refractivity contribution in [3.05, 3.63) is 42.0 Å². The van der Waals surface area contributed by atoms with Gasteiger partial charge in [0.1, 0.15) is 5.75 Å². The van der Waals surface area contributed by atoms with Crippen LogP contribution in [0, 0.1) is 5.92 Å². The van der Waals surface area contributed by atoms with E-state index in [0.717, 1.165) is 34.9 Å². The van der Waals surface area contributed by atoms with E-state index in [2.05, 4.69) is 0 Å². The molecule has 2 aromatic carbocycles. The molecule has 0 atom stereocenters. The van der Waals surface area contributed by atoms with Gasteiger partial charge in [-0.05, 0) is 30.4 Å². The van der Waals surface area contributed by atoms with Crippen LogP contribution in [0.25, 0.3) is 10.8 Å². The Morgan fingerprint density at radius 3 is 2.50 bits per heavy atom. The lowest BCUT2D eigenvalue weighted by atomic mass is 9.88. The number of Topliss-reactive ketones (excluding diaryl/α,β-unsaturated/α-hetero) is 1. The van der Waals surface area contributed by atoms with Crippen molar-refractivity contribution in [3.63, 3.8) is 0 Å². The highest BCUT2D eigenvalue weighted by molar-refractivity contribution is 6.10. The molecule has 3 heteroatoms. The fourth-order valence-electron chi connectivity index (χ4n) is 2.84. The number of ether oxygens (including phenoxy) is 2. The summed E-state index contributed by atoms with van der Waals surface area (Å²) in [6.07, 6.45) is 1.64. The number of ketones is 1. The number of rotatable bonds is 3. The maximum Gasteiger partial charge on any atom is 0.166 e. The first-order valence-electron chi connectivity index (χ1n) is 6.99. The molecule has 0 amide bonds. The predicted octanol–water partition coefficient (Wildman–Crippen LogP) is 3.46. The Morgan fingerprint density at radius 2 is 1.80 bits per heavy atom. The molecular formula is C17H18O3. The highest BCUT2D eigenvalue weighted by atomic mass is 16.5. The predicted molar refractivity (Wildman–Crippen MR) is 78.4 cm³/mol. The quantitative estimate of drug-likeness (QED) is 0.801. The maximum absolute atomic E-state index is 12.7. The fourth-order valence-corrected chi connectivity index (χ4v) is 2.84. The molecule has 3 rings (SSSR count). The first-order valence-corrected chi connectivity index (χ1v) is 6.99. The third-order valence-corrected chi connectivity index (χ3v) is 3.96. The van der Waals surface area contributed by atoms with E-state index in [4.69, 9.17) is 9.47 Å². The summed E-state index contributed by atoms with van der Waals surface area (Å²) >= 11 is 0. The average molecular weight is 270 g/mol. The van der Waals surface area contributed by atoms with E-state index in [-0.39, 0.29) is 11.7 Å². The lowest BCUT2D eigenvalue weighted by Gasteiger charge is -2.21. The molecule has 20 heavy (non-hydrogen) atoms. The number of benzene rings is 2. The Hall–Kier alpha value is -1.87. The fraction of sp³-hybridized carbons (Fsp3) is 0.353. The van der Waals surface area contributed by atoms with E-state index in [1.54, 1.807) is 7.11 Å². The second-order valence-electron chi connectivity index (χ2n) is 5.11. The van der Waals surface area contributed by atoms with Gasteiger partial charge in [-0.3, -0.25) is 4.79 Å². The molecule has 3 nitrogen and oxygen atoms in total. The van der Waals surface area contributed by atoms with E-state index < -0.39 is 0 Å². The van der Waals surface area contributed by atoms with E-state index in [1.807, 2.05) is 36.4 Å². The Kier molecular flexibility index (Phi) is 3.70. The summed E-state index contributed by atoms with van der Waals surface area (Å²) in [6, 6.07) is 11.7. The van der Waals surface area contributed by atoms with Gasteiger partial charge in [0.2, 0.25) is 0 Å². The smallest absolute Gasteiger partial charge is 0.166 e. The van der Waals surface area contributed by atoms with Gasteiger partial charge >= 0.3 is 0 Å². The van der Waals surface area contributed by atoms with Gasteiger partial charge in [-0.1, -0.05) is 24.3 Å². The summed E-state index contributed by atoms with van der Waals surface area (Å²) in [5.41, 5.74) is 0.799. The molecule has 0 unspecified atom stereocenters. The topological polar surface area (TPSA) is 35.5 Å². The van der Waals surface area contributed by atoms with Crippen LogP contribution < -0.4 is 4.74 Å². The Labute approximate surface area is 118 Å². The highest BCUT2D eigenvalue weighted by Gasteiger charge is 2.24. The van der Waals surface area contributed by atoms with Crippen LogP contribution in [0.5, 0.6) is 5.75 Å². The molecule has 1 fully saturated rings. The third kappa shape index (κ3) is 2.29. The minimum atomic E-state index is 0.0838. The van der Waals surface area contributed by atoms with E-state index in [0.29, 0.717) is 13.2 Å². The molecular weight excluding hydrogens is 252 g/mol. The van der Waals surface area contributed by atoms with Gasteiger partial charge in [0, 0.05) is 30.1 Å². The minimum absolute atomic E-state index is 0.0838. The summed E-state index contributed by atoms with van der Waals surface area (Å²) in [5.74, 6) is 1.12. The zero-order valence-corrected chi connectivity index (χ0v) is 11.6. The van der Waals surface area contributed by atoms with Gasteiger partial charge in [-0.2, -0.15) is 0 Å². The average Bonchev–Trinajstić information content (AvgIpc) is 2.54. The highest BCUT2D eigenvalue weighted by Crippen LogP contribution is 2.31. The number of fused-ring (bicyclic) bond motifs is 1. The normalized spacial score (nSPS) is 16.2. The Balaban J connectivity index is 2.05. The van der Waals surface area contributed by atoms with Crippen molar-refractivity contribution in [1.29, 1.82) is 0 Å². The van der Waals surface area contributed by atoms with Crippen molar-refractivity contribution in [3.8, 4) is 5.75 Å². The number of carbonyl (C=O) groups is 1. The van der Waals surface area contributed by atoms with Crippen LogP contribution >= 0.6 is 0 Å². The Bertz CT molecular complexity index is 627. The van der Waals surface area contributed by atoms with Crippen LogP contribution in [-0.4, -0.2) is 26.1 Å². The van der Waals surface area contributed by atoms with Gasteiger partial charge in [0.15, 0.2) is 5.78 Å². The number of carbonyl (C=O) groups excluding carboxylic acids is 1. The van der Waals surface area contributed by atoms with Crippen LogP contribution in [0.4, 0.5) is 0 Å². The lowest BCUT2D eigenvalue weighted by molar-refractivity contribution is 0.0546. The molecule has 1 saturated heterocycles. The number of hydrogen-bond acceptors (Lipinski definition) is 3. The van der Waals surface area contributed by atoms with Gasteiger partial charge in [0.25, 0.3) is 0 Å². The Morgan fingerprint density at radius 1 is 1.10 bits per heavy atom. The molecule has 2 aromatic rings. The summed E-state index contributed by atoms with van der Waals surface area (Å²) in [6.45, 7) is 1.37. The van der Waals surface area contributed by atoms with Crippen molar-refractivity contribution >= 4 is 16.6 Å². The summed E-state index contributed by atoms with van der Waals surface area (Å²) < 4.78 is 10.7. The second-order valence-corrected chi connectivity index (χ2v) is 5.11. The van der Waals surface area contributed by atoms with Crippen molar-refractivity contribution in [2.45, 2.75) is 12.8 Å². The molecule has 1 aliphatic heterocycles. The van der Waals surface area contributed by atoms with Crippen LogP contribution in [-0.2, 0) is 4.74 Å². The first kappa shape index (κ1) is 13.1. The molecule has 0 radical (unpaired) electrons. The lowest BCUT2D eigenvalue weighted by Crippen LogP contribution is -2.23. The molecule has 0 aliphatic carbocycles. The molecule has 0 spiro atoms. The van der Waals surface area contributed by atoms with Gasteiger partial charge in [0.05, 0.1) is 7.11 Å². The second kappa shape index (κ2) is 5.63. The summed E-state index contributed by atoms with van der Waals surface area (Å²) in [5, 5.41) is 1.97. The number of methoxy groups -OCH3 is 1. The largest absolute Gasteiger partial charge is 0.496 e. The third-order valence-electron chi connectivity index (χ3n) is 3.96. The van der Waals surface area contributed by atoms with Gasteiger partial charge in [-0.25, -0.2) is 0 Å². The minimum Gasteiger partial charge on any atom is -0.496 e. The zero-order valence-electron chi connectivity index (χ0n) is 11.6. The van der Waals surface area contributed by atoms with Crippen molar-refractivity contribution in [1.82, 2.24) is 0 Å². The van der Waals surface area contributed by atoms with E-state index >= 15 is 0 Å². The first-order chi connectivity index (χ1) is 9.81. The molecule has 0 aromatic heterocycles.